The molecule has 80 valence electrons. The summed E-state index contributed by atoms with van der Waals surface area (Å²) in [6.07, 6.45) is 1.25. The molecule has 0 aliphatic heterocycles. The lowest BCUT2D eigenvalue weighted by molar-refractivity contribution is 0.446. The maximum Gasteiger partial charge on any atom is 0.259 e. The van der Waals surface area contributed by atoms with Gasteiger partial charge in [0.1, 0.15) is 11.8 Å². The SMILES string of the molecule is Cc1c(Cl)nnc2oc3c(O)ncnc3c12. The largest absolute Gasteiger partial charge is 0.491 e. The van der Waals surface area contributed by atoms with Gasteiger partial charge < -0.3 is 9.52 Å². The molecule has 0 aliphatic rings. The van der Waals surface area contributed by atoms with Crippen molar-refractivity contribution in [2.24, 2.45) is 0 Å². The smallest absolute Gasteiger partial charge is 0.259 e. The van der Waals surface area contributed by atoms with Gasteiger partial charge in [0.2, 0.25) is 11.3 Å². The second-order valence-corrected chi connectivity index (χ2v) is 3.63. The zero-order valence-electron chi connectivity index (χ0n) is 8.10. The van der Waals surface area contributed by atoms with Gasteiger partial charge >= 0.3 is 0 Å². The first-order valence-electron chi connectivity index (χ1n) is 4.43. The van der Waals surface area contributed by atoms with Crippen LogP contribution in [0.3, 0.4) is 0 Å². The first kappa shape index (κ1) is 9.29. The van der Waals surface area contributed by atoms with E-state index >= 15 is 0 Å². The van der Waals surface area contributed by atoms with Crippen LogP contribution in [0.2, 0.25) is 5.15 Å². The molecule has 3 heterocycles. The van der Waals surface area contributed by atoms with Crippen molar-refractivity contribution in [3.8, 4) is 5.88 Å². The molecule has 0 saturated heterocycles. The quantitative estimate of drug-likeness (QED) is 0.641. The average Bonchev–Trinajstić information content (AvgIpc) is 2.64. The number of aromatic nitrogens is 4. The molecular formula is C9H5ClN4O2. The van der Waals surface area contributed by atoms with Gasteiger partial charge in [0.25, 0.3) is 5.88 Å². The predicted molar refractivity (Wildman–Crippen MR) is 56.3 cm³/mol. The fourth-order valence-electron chi connectivity index (χ4n) is 1.56. The van der Waals surface area contributed by atoms with Gasteiger partial charge in [0.15, 0.2) is 5.15 Å². The topological polar surface area (TPSA) is 84.9 Å². The normalized spacial score (nSPS) is 11.4. The number of furan rings is 1. The van der Waals surface area contributed by atoms with Crippen LogP contribution in [0.15, 0.2) is 10.7 Å². The molecule has 0 saturated carbocycles. The molecule has 7 heteroatoms. The van der Waals surface area contributed by atoms with E-state index in [0.717, 1.165) is 0 Å². The third kappa shape index (κ3) is 1.07. The molecular weight excluding hydrogens is 232 g/mol. The molecule has 0 aromatic carbocycles. The number of aryl methyl sites for hydroxylation is 1. The van der Waals surface area contributed by atoms with Crippen LogP contribution in [0.4, 0.5) is 0 Å². The van der Waals surface area contributed by atoms with Gasteiger partial charge in [-0.3, -0.25) is 0 Å². The first-order valence-corrected chi connectivity index (χ1v) is 4.81. The summed E-state index contributed by atoms with van der Waals surface area (Å²) < 4.78 is 5.31. The summed E-state index contributed by atoms with van der Waals surface area (Å²) in [5.41, 5.74) is 1.67. The Morgan fingerprint density at radius 2 is 2.12 bits per heavy atom. The lowest BCUT2D eigenvalue weighted by Gasteiger charge is -1.95. The van der Waals surface area contributed by atoms with Crippen molar-refractivity contribution in [3.05, 3.63) is 17.0 Å². The predicted octanol–water partition coefficient (Wildman–Crippen LogP) is 1.83. The molecule has 0 fully saturated rings. The molecule has 3 rings (SSSR count). The fourth-order valence-corrected chi connectivity index (χ4v) is 1.69. The molecule has 0 atom stereocenters. The van der Waals surface area contributed by atoms with Gasteiger partial charge in [-0.2, -0.15) is 4.98 Å². The monoisotopic (exact) mass is 236 g/mol. The lowest BCUT2D eigenvalue weighted by Crippen LogP contribution is -1.87. The fraction of sp³-hybridized carbons (Fsp3) is 0.111. The number of halogens is 1. The van der Waals surface area contributed by atoms with E-state index < -0.39 is 0 Å². The van der Waals surface area contributed by atoms with Gasteiger partial charge in [-0.25, -0.2) is 4.98 Å². The summed E-state index contributed by atoms with van der Waals surface area (Å²) in [7, 11) is 0. The molecule has 0 spiro atoms. The summed E-state index contributed by atoms with van der Waals surface area (Å²) in [6.45, 7) is 1.79. The second-order valence-electron chi connectivity index (χ2n) is 3.27. The molecule has 16 heavy (non-hydrogen) atoms. The standard InChI is InChI=1S/C9H5ClN4O2/c1-3-4-5-6(8(15)12-2-11-5)16-9(4)14-13-7(3)10/h2H,1H3,(H,11,12,15). The van der Waals surface area contributed by atoms with Crippen molar-refractivity contribution in [2.75, 3.05) is 0 Å². The number of hydrogen-bond acceptors (Lipinski definition) is 6. The van der Waals surface area contributed by atoms with Crippen LogP contribution in [0.5, 0.6) is 5.88 Å². The molecule has 0 radical (unpaired) electrons. The Hall–Kier alpha value is -1.95. The Morgan fingerprint density at radius 1 is 1.31 bits per heavy atom. The number of hydrogen-bond donors (Lipinski definition) is 1. The van der Waals surface area contributed by atoms with Gasteiger partial charge in [0.05, 0.1) is 5.39 Å². The Labute approximate surface area is 93.9 Å². The molecule has 6 nitrogen and oxygen atoms in total. The third-order valence-electron chi connectivity index (χ3n) is 2.35. The molecule has 1 N–H and O–H groups in total. The summed E-state index contributed by atoms with van der Waals surface area (Å²) >= 11 is 5.86. The van der Waals surface area contributed by atoms with Crippen molar-refractivity contribution < 1.29 is 9.52 Å². The van der Waals surface area contributed by atoms with E-state index in [0.29, 0.717) is 16.5 Å². The van der Waals surface area contributed by atoms with Gasteiger partial charge in [-0.05, 0) is 6.92 Å². The maximum atomic E-state index is 9.51. The number of nitrogens with zero attached hydrogens (tertiary/aromatic N) is 4. The van der Waals surface area contributed by atoms with Gasteiger partial charge in [-0.15, -0.1) is 10.2 Å². The summed E-state index contributed by atoms with van der Waals surface area (Å²) in [4.78, 5) is 7.67. The minimum Gasteiger partial charge on any atom is -0.491 e. The van der Waals surface area contributed by atoms with Crippen LogP contribution >= 0.6 is 11.6 Å². The molecule has 3 aromatic rings. The van der Waals surface area contributed by atoms with E-state index in [9.17, 15) is 5.11 Å². The highest BCUT2D eigenvalue weighted by atomic mass is 35.5. The van der Waals surface area contributed by atoms with E-state index in [1.54, 1.807) is 6.92 Å². The van der Waals surface area contributed by atoms with Crippen LogP contribution in [0.25, 0.3) is 22.2 Å². The van der Waals surface area contributed by atoms with Crippen LogP contribution < -0.4 is 0 Å². The van der Waals surface area contributed by atoms with Crippen LogP contribution in [0.1, 0.15) is 5.56 Å². The highest BCUT2D eigenvalue weighted by Gasteiger charge is 2.17. The van der Waals surface area contributed by atoms with E-state index in [1.807, 2.05) is 0 Å². The average molecular weight is 237 g/mol. The van der Waals surface area contributed by atoms with Crippen LogP contribution in [-0.4, -0.2) is 25.3 Å². The molecule has 0 unspecified atom stereocenters. The number of fused-ring (bicyclic) bond motifs is 3. The Balaban J connectivity index is 2.63. The minimum absolute atomic E-state index is 0.192. The van der Waals surface area contributed by atoms with Gasteiger partial charge in [0, 0.05) is 5.56 Å². The van der Waals surface area contributed by atoms with E-state index in [-0.39, 0.29) is 22.3 Å². The van der Waals surface area contributed by atoms with Crippen molar-refractivity contribution in [1.82, 2.24) is 20.2 Å². The first-order chi connectivity index (χ1) is 7.68. The summed E-state index contributed by atoms with van der Waals surface area (Å²) in [6, 6.07) is 0. The molecule has 3 aromatic heterocycles. The maximum absolute atomic E-state index is 9.51. The van der Waals surface area contributed by atoms with E-state index in [1.165, 1.54) is 6.33 Å². The summed E-state index contributed by atoms with van der Waals surface area (Å²) in [5, 5.41) is 18.0. The van der Waals surface area contributed by atoms with Crippen LogP contribution in [-0.2, 0) is 0 Å². The van der Waals surface area contributed by atoms with Crippen molar-refractivity contribution in [3.63, 3.8) is 0 Å². The van der Waals surface area contributed by atoms with Crippen molar-refractivity contribution in [2.45, 2.75) is 6.92 Å². The molecule has 0 bridgehead atoms. The van der Waals surface area contributed by atoms with Crippen LogP contribution in [0, 0.1) is 6.92 Å². The zero-order chi connectivity index (χ0) is 11.3. The third-order valence-corrected chi connectivity index (χ3v) is 2.71. The number of rotatable bonds is 0. The Morgan fingerprint density at radius 3 is 2.94 bits per heavy atom. The highest BCUT2D eigenvalue weighted by Crippen LogP contribution is 2.33. The Kier molecular flexibility index (Phi) is 1.75. The molecule has 0 amide bonds. The second kappa shape index (κ2) is 3.02. The number of aromatic hydroxyl groups is 1. The summed E-state index contributed by atoms with van der Waals surface area (Å²) in [5.74, 6) is -0.224. The van der Waals surface area contributed by atoms with Crippen molar-refractivity contribution in [1.29, 1.82) is 0 Å². The molecule has 0 aliphatic carbocycles. The van der Waals surface area contributed by atoms with E-state index in [2.05, 4.69) is 20.2 Å². The van der Waals surface area contributed by atoms with E-state index in [4.69, 9.17) is 16.0 Å². The lowest BCUT2D eigenvalue weighted by atomic mass is 10.2. The minimum atomic E-state index is -0.224. The van der Waals surface area contributed by atoms with Gasteiger partial charge in [-0.1, -0.05) is 11.6 Å². The van der Waals surface area contributed by atoms with Crippen molar-refractivity contribution >= 4 is 33.8 Å². The highest BCUT2D eigenvalue weighted by molar-refractivity contribution is 6.31. The Bertz CT molecular complexity index is 709. The zero-order valence-corrected chi connectivity index (χ0v) is 8.86.